The minimum atomic E-state index is -0.0582. The Balaban J connectivity index is 1.66. The van der Waals surface area contributed by atoms with Crippen LogP contribution >= 0.6 is 11.8 Å². The highest BCUT2D eigenvalue weighted by molar-refractivity contribution is 8.00. The summed E-state index contributed by atoms with van der Waals surface area (Å²) in [7, 11) is 0. The van der Waals surface area contributed by atoms with Crippen molar-refractivity contribution in [2.24, 2.45) is 5.92 Å². The van der Waals surface area contributed by atoms with E-state index in [1.54, 1.807) is 11.1 Å². The Kier molecular flexibility index (Phi) is 5.93. The highest BCUT2D eigenvalue weighted by Crippen LogP contribution is 2.33. The number of amides is 2. The van der Waals surface area contributed by atoms with Gasteiger partial charge in [-0.3, -0.25) is 9.59 Å². The number of carbonyl (C=O) groups excluding carboxylic acids is 2. The Hall–Kier alpha value is -2.34. The lowest BCUT2D eigenvalue weighted by Gasteiger charge is -2.28. The summed E-state index contributed by atoms with van der Waals surface area (Å²) in [6, 6.07) is 11.2. The topological polar surface area (TPSA) is 62.3 Å². The standard InChI is InChI=1S/C20H23N3O2S/c1-14(2)9-11-21-19(25)16-7-5-15(6-8-16)12-23-17-4-3-10-22-20(17)26-13-18(23)24/h3-8,10,14H,9,11-13H2,1-2H3,(H,21,25). The van der Waals surface area contributed by atoms with Gasteiger partial charge in [-0.15, -0.1) is 0 Å². The third kappa shape index (κ3) is 4.43. The molecule has 0 fully saturated rings. The van der Waals surface area contributed by atoms with Gasteiger partial charge in [0.1, 0.15) is 5.03 Å². The van der Waals surface area contributed by atoms with Crippen LogP contribution in [0.2, 0.25) is 0 Å². The Morgan fingerprint density at radius 2 is 2.04 bits per heavy atom. The van der Waals surface area contributed by atoms with E-state index in [0.29, 0.717) is 30.3 Å². The summed E-state index contributed by atoms with van der Waals surface area (Å²) in [4.78, 5) is 30.6. The quantitative estimate of drug-likeness (QED) is 0.847. The molecule has 136 valence electrons. The maximum atomic E-state index is 12.3. The summed E-state index contributed by atoms with van der Waals surface area (Å²) in [5.74, 6) is 0.985. The van der Waals surface area contributed by atoms with E-state index >= 15 is 0 Å². The van der Waals surface area contributed by atoms with Crippen LogP contribution in [0, 0.1) is 5.92 Å². The maximum absolute atomic E-state index is 12.3. The zero-order chi connectivity index (χ0) is 18.5. The molecule has 0 radical (unpaired) electrons. The van der Waals surface area contributed by atoms with Crippen molar-refractivity contribution in [3.63, 3.8) is 0 Å². The van der Waals surface area contributed by atoms with Crippen molar-refractivity contribution in [1.82, 2.24) is 10.3 Å². The molecule has 0 bridgehead atoms. The van der Waals surface area contributed by atoms with Gasteiger partial charge in [0.05, 0.1) is 18.0 Å². The van der Waals surface area contributed by atoms with Crippen LogP contribution < -0.4 is 10.2 Å². The van der Waals surface area contributed by atoms with Gasteiger partial charge >= 0.3 is 0 Å². The van der Waals surface area contributed by atoms with Gasteiger partial charge in [-0.05, 0) is 42.2 Å². The highest BCUT2D eigenvalue weighted by Gasteiger charge is 2.25. The minimum absolute atomic E-state index is 0.0582. The third-order valence-electron chi connectivity index (χ3n) is 4.24. The first-order valence-corrected chi connectivity index (χ1v) is 9.78. The van der Waals surface area contributed by atoms with E-state index in [1.165, 1.54) is 11.8 Å². The van der Waals surface area contributed by atoms with Gasteiger partial charge in [-0.25, -0.2) is 4.98 Å². The van der Waals surface area contributed by atoms with E-state index < -0.39 is 0 Å². The third-order valence-corrected chi connectivity index (χ3v) is 5.22. The van der Waals surface area contributed by atoms with Crippen molar-refractivity contribution >= 4 is 29.3 Å². The molecule has 5 nitrogen and oxygen atoms in total. The number of carbonyl (C=O) groups is 2. The van der Waals surface area contributed by atoms with Crippen molar-refractivity contribution < 1.29 is 9.59 Å². The SMILES string of the molecule is CC(C)CCNC(=O)c1ccc(CN2C(=O)CSc3ncccc32)cc1. The molecule has 1 N–H and O–H groups in total. The first-order chi connectivity index (χ1) is 12.5. The van der Waals surface area contributed by atoms with Crippen LogP contribution in [0.3, 0.4) is 0 Å². The van der Waals surface area contributed by atoms with Gasteiger partial charge in [0.15, 0.2) is 0 Å². The van der Waals surface area contributed by atoms with Gasteiger partial charge in [-0.1, -0.05) is 37.7 Å². The molecule has 0 aliphatic carbocycles. The molecule has 6 heteroatoms. The fourth-order valence-corrected chi connectivity index (χ4v) is 3.61. The molecule has 1 aromatic carbocycles. The zero-order valence-corrected chi connectivity index (χ0v) is 15.9. The van der Waals surface area contributed by atoms with Crippen LogP contribution in [0.5, 0.6) is 0 Å². The summed E-state index contributed by atoms with van der Waals surface area (Å²) in [6.45, 7) is 5.43. The first-order valence-electron chi connectivity index (χ1n) is 8.80. The number of benzene rings is 1. The molecule has 1 aromatic heterocycles. The molecule has 0 saturated heterocycles. The van der Waals surface area contributed by atoms with Crippen molar-refractivity contribution in [3.05, 3.63) is 53.7 Å². The molecule has 0 unspecified atom stereocenters. The molecule has 0 saturated carbocycles. The number of anilines is 1. The molecule has 0 spiro atoms. The second-order valence-electron chi connectivity index (χ2n) is 6.73. The van der Waals surface area contributed by atoms with Crippen molar-refractivity contribution in [3.8, 4) is 0 Å². The second kappa shape index (κ2) is 8.36. The monoisotopic (exact) mass is 369 g/mol. The number of aromatic nitrogens is 1. The summed E-state index contributed by atoms with van der Waals surface area (Å²) in [5.41, 5.74) is 2.48. The smallest absolute Gasteiger partial charge is 0.251 e. The van der Waals surface area contributed by atoms with E-state index in [-0.39, 0.29) is 11.8 Å². The highest BCUT2D eigenvalue weighted by atomic mass is 32.2. The summed E-state index contributed by atoms with van der Waals surface area (Å²) < 4.78 is 0. The normalized spacial score (nSPS) is 13.7. The lowest BCUT2D eigenvalue weighted by atomic mass is 10.1. The number of pyridine rings is 1. The average molecular weight is 369 g/mol. The largest absolute Gasteiger partial charge is 0.352 e. The Bertz CT molecular complexity index is 790. The lowest BCUT2D eigenvalue weighted by molar-refractivity contribution is -0.116. The van der Waals surface area contributed by atoms with Crippen LogP contribution in [0.15, 0.2) is 47.6 Å². The molecule has 1 aliphatic heterocycles. The van der Waals surface area contributed by atoms with Crippen molar-refractivity contribution in [1.29, 1.82) is 0 Å². The van der Waals surface area contributed by atoms with Gasteiger partial charge in [-0.2, -0.15) is 0 Å². The number of fused-ring (bicyclic) bond motifs is 1. The number of hydrogen-bond donors (Lipinski definition) is 1. The summed E-state index contributed by atoms with van der Waals surface area (Å²) in [6.07, 6.45) is 2.71. The van der Waals surface area contributed by atoms with Crippen molar-refractivity contribution in [2.75, 3.05) is 17.2 Å². The number of thioether (sulfide) groups is 1. The lowest BCUT2D eigenvalue weighted by Crippen LogP contribution is -2.35. The van der Waals surface area contributed by atoms with Gasteiger partial charge in [0, 0.05) is 18.3 Å². The first kappa shape index (κ1) is 18.5. The van der Waals surface area contributed by atoms with E-state index in [2.05, 4.69) is 24.1 Å². The van der Waals surface area contributed by atoms with E-state index in [4.69, 9.17) is 0 Å². The van der Waals surface area contributed by atoms with Crippen LogP contribution in [0.1, 0.15) is 36.2 Å². The zero-order valence-electron chi connectivity index (χ0n) is 15.1. The molecule has 26 heavy (non-hydrogen) atoms. The van der Waals surface area contributed by atoms with Gasteiger partial charge in [0.25, 0.3) is 5.91 Å². The van der Waals surface area contributed by atoms with Crippen LogP contribution in [-0.4, -0.2) is 29.1 Å². The predicted molar refractivity (Wildman–Crippen MR) is 104 cm³/mol. The fourth-order valence-electron chi connectivity index (χ4n) is 2.74. The molecule has 2 aromatic rings. The van der Waals surface area contributed by atoms with E-state index in [9.17, 15) is 9.59 Å². The minimum Gasteiger partial charge on any atom is -0.352 e. The fraction of sp³-hybridized carbons (Fsp3) is 0.350. The molecule has 1 aliphatic rings. The van der Waals surface area contributed by atoms with Gasteiger partial charge < -0.3 is 10.2 Å². The van der Waals surface area contributed by atoms with Crippen LogP contribution in [0.4, 0.5) is 5.69 Å². The predicted octanol–water partition coefficient (Wildman–Crippen LogP) is 3.50. The van der Waals surface area contributed by atoms with E-state index in [1.807, 2.05) is 36.4 Å². The van der Waals surface area contributed by atoms with Gasteiger partial charge in [0.2, 0.25) is 5.91 Å². The Labute approximate surface area is 158 Å². The summed E-state index contributed by atoms with van der Waals surface area (Å²) in [5, 5.41) is 3.82. The number of nitrogens with one attached hydrogen (secondary N) is 1. The van der Waals surface area contributed by atoms with Crippen LogP contribution in [-0.2, 0) is 11.3 Å². The Morgan fingerprint density at radius 1 is 1.27 bits per heavy atom. The average Bonchev–Trinajstić information content (AvgIpc) is 2.64. The van der Waals surface area contributed by atoms with Crippen LogP contribution in [0.25, 0.3) is 0 Å². The Morgan fingerprint density at radius 3 is 2.77 bits per heavy atom. The molecular formula is C20H23N3O2S. The van der Waals surface area contributed by atoms with Crippen molar-refractivity contribution in [2.45, 2.75) is 31.8 Å². The molecule has 2 heterocycles. The van der Waals surface area contributed by atoms with E-state index in [0.717, 1.165) is 22.7 Å². The summed E-state index contributed by atoms with van der Waals surface area (Å²) >= 11 is 1.47. The number of hydrogen-bond acceptors (Lipinski definition) is 4. The number of nitrogens with zero attached hydrogens (tertiary/aromatic N) is 2. The number of rotatable bonds is 6. The molecular weight excluding hydrogens is 346 g/mol. The molecule has 0 atom stereocenters. The molecule has 2 amide bonds. The molecule has 3 rings (SSSR count). The second-order valence-corrected chi connectivity index (χ2v) is 7.70. The maximum Gasteiger partial charge on any atom is 0.251 e.